The number of imidazole rings is 1. The zero-order valence-electron chi connectivity index (χ0n) is 19.7. The molecule has 2 aromatic carbocycles. The molecular weight excluding hydrogens is 492 g/mol. The molecule has 192 valence electrons. The molecule has 2 fully saturated rings. The number of carbonyl (C=O) groups is 1. The Hall–Kier alpha value is -3.21. The molecule has 1 amide bonds. The van der Waals surface area contributed by atoms with Gasteiger partial charge in [-0.15, -0.1) is 0 Å². The van der Waals surface area contributed by atoms with Crippen molar-refractivity contribution in [2.75, 3.05) is 11.5 Å². The Bertz CT molecular complexity index is 1490. The van der Waals surface area contributed by atoms with Crippen LogP contribution in [-0.4, -0.2) is 47.1 Å². The number of rotatable bonds is 6. The lowest BCUT2D eigenvalue weighted by Crippen LogP contribution is -2.46. The van der Waals surface area contributed by atoms with Crippen molar-refractivity contribution >= 4 is 26.8 Å². The molecule has 0 bridgehead atoms. The molecule has 5 rings (SSSR count). The Morgan fingerprint density at radius 1 is 1.14 bits per heavy atom. The van der Waals surface area contributed by atoms with Crippen LogP contribution in [0.1, 0.15) is 55.4 Å². The van der Waals surface area contributed by atoms with Crippen LogP contribution >= 0.6 is 0 Å². The van der Waals surface area contributed by atoms with Crippen LogP contribution in [0.15, 0.2) is 47.3 Å². The maximum absolute atomic E-state index is 13.7. The molecule has 36 heavy (non-hydrogen) atoms. The maximum atomic E-state index is 13.7. The fourth-order valence-electron chi connectivity index (χ4n) is 5.38. The molecule has 1 aromatic heterocycles. The molecule has 0 spiro atoms. The van der Waals surface area contributed by atoms with Crippen molar-refractivity contribution in [3.05, 3.63) is 58.5 Å². The van der Waals surface area contributed by atoms with Crippen LogP contribution in [0.4, 0.5) is 8.78 Å². The standard InChI is InChI=1S/C25H27F2N3O5S/c1-25(11-12-36(33,34)15-25)28-22(31)16-9-10-20-21(13-16)29(17-5-2-3-6-17)24(32)30(20)18-7-4-8-19(14-18)35-23(26)27/h4,7-10,13-14,17,23H,2-3,5-6,11-12,15H2,1H3,(H,28,31)/t25-/m1/s1. The van der Waals surface area contributed by atoms with E-state index in [1.807, 2.05) is 0 Å². The van der Waals surface area contributed by atoms with Gasteiger partial charge in [-0.2, -0.15) is 8.78 Å². The summed E-state index contributed by atoms with van der Waals surface area (Å²) < 4.78 is 57.1. The first kappa shape index (κ1) is 24.5. The zero-order valence-corrected chi connectivity index (χ0v) is 20.6. The molecule has 1 saturated carbocycles. The molecule has 1 aliphatic carbocycles. The van der Waals surface area contributed by atoms with Crippen LogP contribution in [0, 0.1) is 0 Å². The van der Waals surface area contributed by atoms with Crippen LogP contribution in [0.25, 0.3) is 16.7 Å². The molecule has 2 aliphatic rings. The molecule has 2 heterocycles. The molecule has 3 aromatic rings. The molecule has 0 radical (unpaired) electrons. The molecule has 1 aliphatic heterocycles. The van der Waals surface area contributed by atoms with E-state index in [1.54, 1.807) is 35.8 Å². The number of nitrogens with zero attached hydrogens (tertiary/aromatic N) is 2. The van der Waals surface area contributed by atoms with E-state index < -0.39 is 27.9 Å². The van der Waals surface area contributed by atoms with E-state index >= 15 is 0 Å². The lowest BCUT2D eigenvalue weighted by atomic mass is 10.0. The minimum absolute atomic E-state index is 0.0290. The minimum Gasteiger partial charge on any atom is -0.435 e. The van der Waals surface area contributed by atoms with Crippen LogP contribution < -0.4 is 15.7 Å². The summed E-state index contributed by atoms with van der Waals surface area (Å²) in [6, 6.07) is 10.8. The quantitative estimate of drug-likeness (QED) is 0.534. The second-order valence-electron chi connectivity index (χ2n) is 9.86. The average molecular weight is 520 g/mol. The van der Waals surface area contributed by atoms with Crippen LogP contribution in [0.3, 0.4) is 0 Å². The highest BCUT2D eigenvalue weighted by Crippen LogP contribution is 2.33. The van der Waals surface area contributed by atoms with E-state index in [0.717, 1.165) is 25.7 Å². The number of hydrogen-bond donors (Lipinski definition) is 1. The summed E-state index contributed by atoms with van der Waals surface area (Å²) in [6.45, 7) is -1.28. The van der Waals surface area contributed by atoms with Gasteiger partial charge in [0.05, 0.1) is 33.8 Å². The summed E-state index contributed by atoms with van der Waals surface area (Å²) in [4.78, 5) is 26.8. The summed E-state index contributed by atoms with van der Waals surface area (Å²) in [5.41, 5.74) is 0.605. The Balaban J connectivity index is 1.59. The van der Waals surface area contributed by atoms with Crippen molar-refractivity contribution in [2.24, 2.45) is 0 Å². The largest absolute Gasteiger partial charge is 0.435 e. The second-order valence-corrected chi connectivity index (χ2v) is 12.0. The first-order chi connectivity index (χ1) is 17.1. The van der Waals surface area contributed by atoms with Crippen LogP contribution in [0.5, 0.6) is 5.75 Å². The van der Waals surface area contributed by atoms with Crippen molar-refractivity contribution < 1.29 is 26.7 Å². The van der Waals surface area contributed by atoms with E-state index in [4.69, 9.17) is 0 Å². The van der Waals surface area contributed by atoms with Crippen LogP contribution in [0.2, 0.25) is 0 Å². The molecule has 11 heteroatoms. The number of carbonyl (C=O) groups excluding carboxylic acids is 1. The number of aromatic nitrogens is 2. The Morgan fingerprint density at radius 2 is 1.89 bits per heavy atom. The number of ether oxygens (including phenoxy) is 1. The highest BCUT2D eigenvalue weighted by atomic mass is 32.2. The normalized spacial score (nSPS) is 21.9. The van der Waals surface area contributed by atoms with Gasteiger partial charge in [-0.3, -0.25) is 13.9 Å². The Labute approximate surface area is 206 Å². The number of fused-ring (bicyclic) bond motifs is 1. The van der Waals surface area contributed by atoms with Crippen LogP contribution in [-0.2, 0) is 9.84 Å². The number of benzene rings is 2. The Morgan fingerprint density at radius 3 is 2.56 bits per heavy atom. The molecule has 0 unspecified atom stereocenters. The number of hydrogen-bond acceptors (Lipinski definition) is 5. The van der Waals surface area contributed by atoms with E-state index in [0.29, 0.717) is 28.7 Å². The average Bonchev–Trinajstić information content (AvgIpc) is 3.48. The van der Waals surface area contributed by atoms with Gasteiger partial charge in [0.1, 0.15) is 5.75 Å². The van der Waals surface area contributed by atoms with E-state index in [-0.39, 0.29) is 29.0 Å². The molecule has 1 saturated heterocycles. The third-order valence-corrected chi connectivity index (χ3v) is 8.95. The third kappa shape index (κ3) is 4.63. The van der Waals surface area contributed by atoms with Gasteiger partial charge < -0.3 is 10.1 Å². The number of sulfone groups is 1. The van der Waals surface area contributed by atoms with Crippen molar-refractivity contribution in [2.45, 2.75) is 57.2 Å². The number of alkyl halides is 2. The first-order valence-electron chi connectivity index (χ1n) is 11.9. The van der Waals surface area contributed by atoms with Crippen molar-refractivity contribution in [1.82, 2.24) is 14.5 Å². The summed E-state index contributed by atoms with van der Waals surface area (Å²) in [5.74, 6) is -0.566. The smallest absolute Gasteiger partial charge is 0.387 e. The summed E-state index contributed by atoms with van der Waals surface area (Å²) >= 11 is 0. The monoisotopic (exact) mass is 519 g/mol. The Kier molecular flexibility index (Phi) is 6.14. The summed E-state index contributed by atoms with van der Waals surface area (Å²) in [5, 5.41) is 2.86. The topological polar surface area (TPSA) is 99.4 Å². The van der Waals surface area contributed by atoms with Gasteiger partial charge in [-0.25, -0.2) is 13.2 Å². The van der Waals surface area contributed by atoms with E-state index in [2.05, 4.69) is 10.1 Å². The lowest BCUT2D eigenvalue weighted by molar-refractivity contribution is -0.0498. The van der Waals surface area contributed by atoms with Gasteiger partial charge >= 0.3 is 12.3 Å². The molecule has 8 nitrogen and oxygen atoms in total. The SMILES string of the molecule is C[C@@]1(NC(=O)c2ccc3c(c2)n(C2CCCC2)c(=O)n3-c2cccc(OC(F)F)c2)CCS(=O)(=O)C1. The number of nitrogens with one attached hydrogen (secondary N) is 1. The molecule has 1 atom stereocenters. The van der Waals surface area contributed by atoms with Gasteiger partial charge in [0, 0.05) is 17.7 Å². The third-order valence-electron chi connectivity index (χ3n) is 7.04. The predicted molar refractivity (Wildman–Crippen MR) is 131 cm³/mol. The van der Waals surface area contributed by atoms with Gasteiger partial charge in [-0.1, -0.05) is 18.9 Å². The van der Waals surface area contributed by atoms with Crippen molar-refractivity contribution in [3.63, 3.8) is 0 Å². The zero-order chi connectivity index (χ0) is 25.7. The van der Waals surface area contributed by atoms with Gasteiger partial charge in [0.2, 0.25) is 0 Å². The van der Waals surface area contributed by atoms with E-state index in [1.165, 1.54) is 22.8 Å². The fraction of sp³-hybridized carbons (Fsp3) is 0.440. The molecule has 1 N–H and O–H groups in total. The fourth-order valence-corrected chi connectivity index (χ4v) is 7.47. The second kappa shape index (κ2) is 9.02. The van der Waals surface area contributed by atoms with Gasteiger partial charge in [-0.05, 0) is 56.5 Å². The first-order valence-corrected chi connectivity index (χ1v) is 13.7. The summed E-state index contributed by atoms with van der Waals surface area (Å²) in [6.07, 6.45) is 3.94. The maximum Gasteiger partial charge on any atom is 0.387 e. The highest BCUT2D eigenvalue weighted by Gasteiger charge is 2.39. The van der Waals surface area contributed by atoms with Gasteiger partial charge in [0.15, 0.2) is 9.84 Å². The number of amides is 1. The van der Waals surface area contributed by atoms with Crippen molar-refractivity contribution in [1.29, 1.82) is 0 Å². The number of halogens is 2. The van der Waals surface area contributed by atoms with Crippen molar-refractivity contribution in [3.8, 4) is 11.4 Å². The van der Waals surface area contributed by atoms with Gasteiger partial charge in [0.25, 0.3) is 5.91 Å². The minimum atomic E-state index is -3.20. The lowest BCUT2D eigenvalue weighted by Gasteiger charge is -2.24. The highest BCUT2D eigenvalue weighted by molar-refractivity contribution is 7.91. The summed E-state index contributed by atoms with van der Waals surface area (Å²) in [7, 11) is -3.20. The predicted octanol–water partition coefficient (Wildman–Crippen LogP) is 3.82. The molecular formula is C25H27F2N3O5S. The van der Waals surface area contributed by atoms with E-state index in [9.17, 15) is 26.8 Å².